The van der Waals surface area contributed by atoms with Crippen molar-refractivity contribution in [3.63, 3.8) is 0 Å². The van der Waals surface area contributed by atoms with Crippen molar-refractivity contribution in [1.82, 2.24) is 4.98 Å². The number of carbonyl (C=O) groups excluding carboxylic acids is 1. The van der Waals surface area contributed by atoms with Gasteiger partial charge < -0.3 is 25.1 Å². The van der Waals surface area contributed by atoms with Crippen LogP contribution < -0.4 is 10.2 Å². The van der Waals surface area contributed by atoms with Crippen molar-refractivity contribution in [3.8, 4) is 0 Å². The Kier molecular flexibility index (Phi) is 7.67. The van der Waals surface area contributed by atoms with Gasteiger partial charge in [-0.05, 0) is 36.2 Å². The number of rotatable bonds is 9. The number of esters is 1. The summed E-state index contributed by atoms with van der Waals surface area (Å²) in [5, 5.41) is 11.8. The molecule has 2 rings (SSSR count). The van der Waals surface area contributed by atoms with E-state index in [0.29, 0.717) is 41.6 Å². The largest absolute Gasteiger partial charge is 0.464 e. The lowest BCUT2D eigenvalue weighted by molar-refractivity contribution is 0.0594. The molecule has 0 bridgehead atoms. The molecule has 2 aromatic rings. The molecule has 156 valence electrons. The number of aromatic nitrogens is 1. The molecule has 8 heteroatoms. The fourth-order valence-electron chi connectivity index (χ4n) is 2.71. The van der Waals surface area contributed by atoms with E-state index in [4.69, 9.17) is 14.9 Å². The van der Waals surface area contributed by atoms with E-state index in [1.54, 1.807) is 25.3 Å². The number of pyridine rings is 1. The maximum Gasteiger partial charge on any atom is 0.356 e. The maximum atomic E-state index is 13.3. The lowest BCUT2D eigenvalue weighted by Gasteiger charge is -2.26. The third-order valence-electron chi connectivity index (χ3n) is 4.39. The zero-order chi connectivity index (χ0) is 21.6. The molecule has 0 spiro atoms. The second-order valence-corrected chi connectivity index (χ2v) is 6.86. The number of anilines is 3. The van der Waals surface area contributed by atoms with Gasteiger partial charge in [0.05, 0.1) is 25.0 Å². The molecule has 0 radical (unpaired) electrons. The van der Waals surface area contributed by atoms with Crippen LogP contribution in [0.2, 0.25) is 0 Å². The van der Waals surface area contributed by atoms with Crippen LogP contribution >= 0.6 is 0 Å². The topological polar surface area (TPSA) is 87.5 Å². The maximum absolute atomic E-state index is 13.3. The smallest absolute Gasteiger partial charge is 0.356 e. The minimum atomic E-state index is -0.587. The molecule has 1 aromatic heterocycles. The Labute approximate surface area is 170 Å². The van der Waals surface area contributed by atoms with Crippen LogP contribution in [-0.4, -0.2) is 51.1 Å². The first kappa shape index (κ1) is 22.3. The highest BCUT2D eigenvalue weighted by atomic mass is 19.1. The lowest BCUT2D eigenvalue weighted by atomic mass is 9.97. The molecule has 0 atom stereocenters. The minimum Gasteiger partial charge on any atom is -0.464 e. The molecular weight excluding hydrogens is 375 g/mol. The Morgan fingerprint density at radius 2 is 1.93 bits per heavy atom. The Morgan fingerprint density at radius 1 is 1.28 bits per heavy atom. The summed E-state index contributed by atoms with van der Waals surface area (Å²) >= 11 is 0. The van der Waals surface area contributed by atoms with Gasteiger partial charge in [0.2, 0.25) is 0 Å². The number of carbonyl (C=O) groups is 1. The van der Waals surface area contributed by atoms with E-state index in [1.807, 2.05) is 25.8 Å². The number of methoxy groups -OCH3 is 2. The number of ether oxygens (including phenoxy) is 2. The fraction of sp³-hybridized carbons (Fsp3) is 0.381. The van der Waals surface area contributed by atoms with E-state index in [1.165, 1.54) is 19.2 Å². The molecule has 0 saturated heterocycles. The predicted molar refractivity (Wildman–Crippen MR) is 112 cm³/mol. The third kappa shape index (κ3) is 5.51. The molecule has 29 heavy (non-hydrogen) atoms. The Hall–Kier alpha value is -3.00. The van der Waals surface area contributed by atoms with Gasteiger partial charge in [0.25, 0.3) is 0 Å². The minimum absolute atomic E-state index is 0.0795. The second kappa shape index (κ2) is 9.97. The number of benzene rings is 1. The van der Waals surface area contributed by atoms with Gasteiger partial charge in [0.15, 0.2) is 5.69 Å². The number of likely N-dealkylation sites (N-methyl/N-ethyl adjacent to an activating group) is 1. The number of nitrogens with one attached hydrogen (secondary N) is 2. The molecule has 0 saturated carbocycles. The monoisotopic (exact) mass is 402 g/mol. The van der Waals surface area contributed by atoms with Crippen molar-refractivity contribution in [3.05, 3.63) is 47.4 Å². The van der Waals surface area contributed by atoms with Gasteiger partial charge in [-0.15, -0.1) is 0 Å². The van der Waals surface area contributed by atoms with E-state index in [-0.39, 0.29) is 17.4 Å². The number of nitrogens with zero attached hydrogens (tertiary/aromatic N) is 2. The lowest BCUT2D eigenvalue weighted by Crippen LogP contribution is -2.27. The Balaban J connectivity index is 2.66. The highest BCUT2D eigenvalue weighted by Crippen LogP contribution is 2.31. The summed E-state index contributed by atoms with van der Waals surface area (Å²) in [6.07, 6.45) is 0. The average molecular weight is 402 g/mol. The summed E-state index contributed by atoms with van der Waals surface area (Å²) in [7, 11) is 4.75. The van der Waals surface area contributed by atoms with E-state index in [0.717, 1.165) is 0 Å². The SMILES string of the molecule is COCCN(C)c1cc(C(=O)OC)nc(Nc2ccc(F)cc2)c1C(=N)C(C)C. The van der Waals surface area contributed by atoms with Crippen molar-refractivity contribution in [2.75, 3.05) is 44.6 Å². The number of hydrogen-bond acceptors (Lipinski definition) is 7. The summed E-state index contributed by atoms with van der Waals surface area (Å²) in [5.74, 6) is -0.695. The van der Waals surface area contributed by atoms with Gasteiger partial charge in [0.1, 0.15) is 11.6 Å². The van der Waals surface area contributed by atoms with Gasteiger partial charge in [-0.1, -0.05) is 13.8 Å². The van der Waals surface area contributed by atoms with Crippen LogP contribution in [0.5, 0.6) is 0 Å². The summed E-state index contributed by atoms with van der Waals surface area (Å²) < 4.78 is 23.3. The zero-order valence-corrected chi connectivity index (χ0v) is 17.4. The van der Waals surface area contributed by atoms with Crippen LogP contribution in [0.15, 0.2) is 30.3 Å². The average Bonchev–Trinajstić information content (AvgIpc) is 2.71. The van der Waals surface area contributed by atoms with Gasteiger partial charge in [0, 0.05) is 32.1 Å². The van der Waals surface area contributed by atoms with Crippen LogP contribution in [0.25, 0.3) is 0 Å². The number of halogens is 1. The molecule has 0 unspecified atom stereocenters. The van der Waals surface area contributed by atoms with E-state index in [2.05, 4.69) is 10.3 Å². The normalized spacial score (nSPS) is 10.7. The fourth-order valence-corrected chi connectivity index (χ4v) is 2.71. The summed E-state index contributed by atoms with van der Waals surface area (Å²) in [6, 6.07) is 7.40. The molecule has 1 aromatic carbocycles. The molecule has 0 fully saturated rings. The van der Waals surface area contributed by atoms with Crippen LogP contribution in [0.4, 0.5) is 21.6 Å². The number of hydrogen-bond donors (Lipinski definition) is 2. The molecule has 1 heterocycles. The molecule has 0 amide bonds. The van der Waals surface area contributed by atoms with Gasteiger partial charge in [-0.3, -0.25) is 0 Å². The van der Waals surface area contributed by atoms with Crippen molar-refractivity contribution in [1.29, 1.82) is 5.41 Å². The quantitative estimate of drug-likeness (QED) is 0.489. The third-order valence-corrected chi connectivity index (χ3v) is 4.39. The first-order valence-electron chi connectivity index (χ1n) is 9.23. The van der Waals surface area contributed by atoms with E-state index in [9.17, 15) is 9.18 Å². The van der Waals surface area contributed by atoms with E-state index < -0.39 is 5.97 Å². The second-order valence-electron chi connectivity index (χ2n) is 6.86. The Bertz CT molecular complexity index is 869. The van der Waals surface area contributed by atoms with Gasteiger partial charge >= 0.3 is 5.97 Å². The van der Waals surface area contributed by atoms with Crippen LogP contribution in [0.3, 0.4) is 0 Å². The summed E-state index contributed by atoms with van der Waals surface area (Å²) in [6.45, 7) is 4.85. The van der Waals surface area contributed by atoms with Crippen molar-refractivity contribution < 1.29 is 18.7 Å². The zero-order valence-electron chi connectivity index (χ0n) is 17.4. The van der Waals surface area contributed by atoms with Crippen molar-refractivity contribution >= 4 is 28.9 Å². The predicted octanol–water partition coefficient (Wildman–Crippen LogP) is 3.86. The van der Waals surface area contributed by atoms with Gasteiger partial charge in [-0.2, -0.15) is 0 Å². The molecule has 0 aliphatic rings. The van der Waals surface area contributed by atoms with Crippen LogP contribution in [0.1, 0.15) is 29.9 Å². The molecule has 0 aliphatic carbocycles. The standard InChI is InChI=1S/C21H27FN4O3/c1-13(2)19(23)18-17(26(3)10-11-28-4)12-16(21(27)29-5)25-20(18)24-15-8-6-14(22)7-9-15/h6-9,12-13,23H,10-11H2,1-5H3,(H,24,25). The molecule has 2 N–H and O–H groups in total. The van der Waals surface area contributed by atoms with E-state index >= 15 is 0 Å². The van der Waals surface area contributed by atoms with Crippen molar-refractivity contribution in [2.24, 2.45) is 5.92 Å². The van der Waals surface area contributed by atoms with Crippen LogP contribution in [-0.2, 0) is 9.47 Å². The first-order chi connectivity index (χ1) is 13.8. The molecule has 7 nitrogen and oxygen atoms in total. The van der Waals surface area contributed by atoms with Gasteiger partial charge in [-0.25, -0.2) is 14.2 Å². The van der Waals surface area contributed by atoms with Crippen molar-refractivity contribution in [2.45, 2.75) is 13.8 Å². The molecular formula is C21H27FN4O3. The summed E-state index contributed by atoms with van der Waals surface area (Å²) in [4.78, 5) is 18.5. The Morgan fingerprint density at radius 3 is 2.48 bits per heavy atom. The highest BCUT2D eigenvalue weighted by molar-refractivity contribution is 6.09. The summed E-state index contributed by atoms with van der Waals surface area (Å²) in [5.41, 5.74) is 2.27. The van der Waals surface area contributed by atoms with Crippen LogP contribution in [0, 0.1) is 17.1 Å². The molecule has 0 aliphatic heterocycles. The first-order valence-corrected chi connectivity index (χ1v) is 9.23. The highest BCUT2D eigenvalue weighted by Gasteiger charge is 2.24.